The largest absolute Gasteiger partial charge is 0.479 e. The number of aliphatic hydroxyl groups is 2. The van der Waals surface area contributed by atoms with E-state index in [-0.39, 0.29) is 25.9 Å². The predicted octanol–water partition coefficient (Wildman–Crippen LogP) is 16.0. The van der Waals surface area contributed by atoms with Crippen LogP contribution in [0.2, 0.25) is 0 Å². The van der Waals surface area contributed by atoms with Crippen LogP contribution in [0.25, 0.3) is 0 Å². The Kier molecular flexibility index (Phi) is 49.1. The first-order valence-electron chi connectivity index (χ1n) is 30.5. The third kappa shape index (κ3) is 43.6. The van der Waals surface area contributed by atoms with Crippen LogP contribution in [-0.2, 0) is 42.9 Å². The number of carbonyl (C=O) groups is 4. The third-order valence-corrected chi connectivity index (χ3v) is 13.0. The van der Waals surface area contributed by atoms with Gasteiger partial charge in [0.05, 0.1) is 6.61 Å². The molecule has 0 radical (unpaired) electrons. The second-order valence-corrected chi connectivity index (χ2v) is 20.2. The zero-order valence-corrected chi connectivity index (χ0v) is 49.1. The Morgan fingerprint density at radius 1 is 0.430 bits per heavy atom. The maximum atomic E-state index is 13.1. The van der Waals surface area contributed by atoms with Crippen molar-refractivity contribution in [2.24, 2.45) is 0 Å². The number of carbonyl (C=O) groups excluding carboxylic acids is 3. The van der Waals surface area contributed by atoms with Crippen molar-refractivity contribution in [3.63, 3.8) is 0 Å². The van der Waals surface area contributed by atoms with Gasteiger partial charge in [-0.3, -0.25) is 14.4 Å². The number of rotatable bonds is 50. The van der Waals surface area contributed by atoms with Gasteiger partial charge in [-0.15, -0.1) is 0 Å². The highest BCUT2D eigenvalue weighted by molar-refractivity contribution is 5.74. The van der Waals surface area contributed by atoms with Crippen molar-refractivity contribution in [2.75, 3.05) is 13.2 Å². The molecule has 1 saturated heterocycles. The van der Waals surface area contributed by atoms with Gasteiger partial charge in [0.25, 0.3) is 0 Å². The van der Waals surface area contributed by atoms with E-state index in [9.17, 15) is 34.5 Å². The smallest absolute Gasteiger partial charge is 0.335 e. The first kappa shape index (κ1) is 72.1. The molecule has 6 unspecified atom stereocenters. The van der Waals surface area contributed by atoms with E-state index in [2.05, 4.69) is 136 Å². The second kappa shape index (κ2) is 53.7. The first-order valence-corrected chi connectivity index (χ1v) is 30.5. The lowest BCUT2D eigenvalue weighted by molar-refractivity contribution is -0.301. The number of carboxylic acids is 1. The van der Waals surface area contributed by atoms with Crippen molar-refractivity contribution < 1.29 is 58.2 Å². The molecule has 0 saturated carbocycles. The summed E-state index contributed by atoms with van der Waals surface area (Å²) in [5, 5.41) is 31.5. The molecule has 12 nitrogen and oxygen atoms in total. The van der Waals surface area contributed by atoms with Gasteiger partial charge in [-0.05, 0) is 103 Å². The van der Waals surface area contributed by atoms with Crippen molar-refractivity contribution in [3.05, 3.63) is 122 Å². The van der Waals surface area contributed by atoms with Crippen LogP contribution in [0.5, 0.6) is 0 Å². The van der Waals surface area contributed by atoms with Crippen molar-refractivity contribution in [3.8, 4) is 0 Å². The molecule has 0 bridgehead atoms. The van der Waals surface area contributed by atoms with E-state index in [1.54, 1.807) is 0 Å². The zero-order valence-electron chi connectivity index (χ0n) is 49.1. The van der Waals surface area contributed by atoms with E-state index >= 15 is 0 Å². The molecule has 446 valence electrons. The van der Waals surface area contributed by atoms with E-state index in [1.165, 1.54) is 57.8 Å². The van der Waals surface area contributed by atoms with Gasteiger partial charge in [-0.1, -0.05) is 226 Å². The number of unbranched alkanes of at least 4 members (excludes halogenated alkanes) is 16. The molecule has 1 fully saturated rings. The summed E-state index contributed by atoms with van der Waals surface area (Å²) in [6.45, 7) is 5.70. The Balaban J connectivity index is 2.73. The number of carboxylic acid groups (broad SMARTS) is 1. The van der Waals surface area contributed by atoms with Crippen LogP contribution in [0.15, 0.2) is 122 Å². The summed E-state index contributed by atoms with van der Waals surface area (Å²) in [6.07, 6.45) is 61.7. The minimum Gasteiger partial charge on any atom is -0.479 e. The zero-order chi connectivity index (χ0) is 57.5. The molecule has 0 aromatic rings. The van der Waals surface area contributed by atoms with Gasteiger partial charge in [-0.2, -0.15) is 0 Å². The maximum Gasteiger partial charge on any atom is 0.335 e. The number of esters is 3. The van der Waals surface area contributed by atoms with Crippen LogP contribution >= 0.6 is 0 Å². The topological polar surface area (TPSA) is 175 Å². The monoisotopic (exact) mass is 1100 g/mol. The summed E-state index contributed by atoms with van der Waals surface area (Å²) >= 11 is 0. The molecule has 79 heavy (non-hydrogen) atoms. The van der Waals surface area contributed by atoms with E-state index < -0.39 is 67.3 Å². The van der Waals surface area contributed by atoms with Crippen LogP contribution in [0, 0.1) is 0 Å². The fraction of sp³-hybridized carbons (Fsp3) is 0.642. The number of aliphatic carboxylic acids is 1. The van der Waals surface area contributed by atoms with Crippen molar-refractivity contribution in [1.29, 1.82) is 0 Å². The molecule has 0 aromatic carbocycles. The average molecular weight is 1100 g/mol. The summed E-state index contributed by atoms with van der Waals surface area (Å²) in [5.41, 5.74) is 0. The molecular weight excluding hydrogens is 997 g/mol. The van der Waals surface area contributed by atoms with Gasteiger partial charge >= 0.3 is 23.9 Å². The Morgan fingerprint density at radius 3 is 1.25 bits per heavy atom. The Labute approximate surface area is 478 Å². The predicted molar refractivity (Wildman–Crippen MR) is 321 cm³/mol. The van der Waals surface area contributed by atoms with E-state index in [4.69, 9.17) is 23.7 Å². The van der Waals surface area contributed by atoms with E-state index in [0.717, 1.165) is 103 Å². The molecule has 6 atom stereocenters. The maximum absolute atomic E-state index is 13.1. The molecule has 0 spiro atoms. The minimum absolute atomic E-state index is 0.0104. The van der Waals surface area contributed by atoms with Gasteiger partial charge < -0.3 is 39.0 Å². The molecule has 3 N–H and O–H groups in total. The lowest BCUT2D eigenvalue weighted by Gasteiger charge is -2.40. The van der Waals surface area contributed by atoms with Crippen LogP contribution in [-0.4, -0.2) is 89.2 Å². The first-order chi connectivity index (χ1) is 38.6. The second-order valence-electron chi connectivity index (χ2n) is 20.2. The standard InChI is InChI=1S/C67H106O12/c1-4-7-10-13-16-19-22-25-27-29-30-32-34-37-40-43-46-49-52-55-61(70)78-65-63(72)62(71)64(66(73)74)79-67(65)76-57-58(77-60(69)54-51-48-45-42-39-35-24-21-18-15-12-9-6-3)56-75-59(68)53-50-47-44-41-38-36-33-31-28-26-23-20-17-14-11-8-5-2/h7-8,10-11,16-17,19-20,25-28,30,32-33,36-37,40-41,44,58,62-65,67,71-72H,4-6,9,12-15,18,21-24,29,31,34-35,38-39,42-43,45-57H2,1-3H3,(H,73,74)/b10-7-,11-8-,19-16-,20-17-,27-25-,28-26-,32-30-,36-33-,40-37-,44-41-. The fourth-order valence-electron chi connectivity index (χ4n) is 8.43. The highest BCUT2D eigenvalue weighted by Gasteiger charge is 2.50. The molecule has 0 aromatic heterocycles. The lowest BCUT2D eigenvalue weighted by atomic mass is 9.98. The Hall–Kier alpha value is -4.88. The number of hydrogen-bond acceptors (Lipinski definition) is 11. The lowest BCUT2D eigenvalue weighted by Crippen LogP contribution is -2.61. The van der Waals surface area contributed by atoms with Crippen molar-refractivity contribution >= 4 is 23.9 Å². The summed E-state index contributed by atoms with van der Waals surface area (Å²) in [5.74, 6) is -3.25. The third-order valence-electron chi connectivity index (χ3n) is 13.0. The summed E-state index contributed by atoms with van der Waals surface area (Å²) in [6, 6.07) is 0. The van der Waals surface area contributed by atoms with Gasteiger partial charge in [0.2, 0.25) is 0 Å². The SMILES string of the molecule is CC/C=C\C/C=C\C/C=C\C/C=C\C/C=C\CCCCCC(=O)OC1C(OCC(COC(=O)CCC/C=C\C/C=C\C/C=C\C/C=C\C/C=C\CC)OC(=O)CCCCCCCCCCCCCCC)OC(C(=O)O)C(O)C1O. The molecule has 0 aliphatic carbocycles. The summed E-state index contributed by atoms with van der Waals surface area (Å²) < 4.78 is 28.4. The molecule has 1 aliphatic heterocycles. The highest BCUT2D eigenvalue weighted by atomic mass is 16.7. The molecule has 1 heterocycles. The van der Waals surface area contributed by atoms with Crippen LogP contribution < -0.4 is 0 Å². The van der Waals surface area contributed by atoms with Crippen molar-refractivity contribution in [2.45, 2.75) is 263 Å². The number of hydrogen-bond donors (Lipinski definition) is 3. The number of ether oxygens (including phenoxy) is 5. The van der Waals surface area contributed by atoms with Gasteiger partial charge in [-0.25, -0.2) is 4.79 Å². The van der Waals surface area contributed by atoms with Gasteiger partial charge in [0.1, 0.15) is 18.8 Å². The quantitative estimate of drug-likeness (QED) is 0.0228. The fourth-order valence-corrected chi connectivity index (χ4v) is 8.43. The van der Waals surface area contributed by atoms with Crippen LogP contribution in [0.3, 0.4) is 0 Å². The molecule has 12 heteroatoms. The van der Waals surface area contributed by atoms with Crippen LogP contribution in [0.1, 0.15) is 226 Å². The normalized spacial score (nSPS) is 18.7. The van der Waals surface area contributed by atoms with Crippen LogP contribution in [0.4, 0.5) is 0 Å². The average Bonchev–Trinajstić information content (AvgIpc) is 3.46. The number of allylic oxidation sites excluding steroid dienone is 20. The molecular formula is C67H106O12. The summed E-state index contributed by atoms with van der Waals surface area (Å²) in [7, 11) is 0. The van der Waals surface area contributed by atoms with Crippen molar-refractivity contribution in [1.82, 2.24) is 0 Å². The summed E-state index contributed by atoms with van der Waals surface area (Å²) in [4.78, 5) is 51.2. The number of aliphatic hydroxyl groups excluding tert-OH is 2. The Bertz CT molecular complexity index is 1840. The molecule has 1 rings (SSSR count). The van der Waals surface area contributed by atoms with E-state index in [0.29, 0.717) is 25.7 Å². The van der Waals surface area contributed by atoms with E-state index in [1.807, 2.05) is 6.08 Å². The van der Waals surface area contributed by atoms with Gasteiger partial charge in [0.15, 0.2) is 24.6 Å². The Morgan fingerprint density at radius 2 is 0.810 bits per heavy atom. The van der Waals surface area contributed by atoms with Gasteiger partial charge in [0, 0.05) is 19.3 Å². The molecule has 1 aliphatic rings. The minimum atomic E-state index is -1.93. The highest BCUT2D eigenvalue weighted by Crippen LogP contribution is 2.26. The molecule has 0 amide bonds.